The van der Waals surface area contributed by atoms with Crippen LogP contribution in [0, 0.1) is 18.3 Å². The van der Waals surface area contributed by atoms with Gasteiger partial charge >= 0.3 is 0 Å². The summed E-state index contributed by atoms with van der Waals surface area (Å²) in [5, 5.41) is 8.55. The number of hydrogen-bond acceptors (Lipinski definition) is 2. The molecule has 0 N–H and O–H groups in total. The van der Waals surface area contributed by atoms with E-state index in [2.05, 4.69) is 19.9 Å². The molecule has 1 amide bonds. The minimum absolute atomic E-state index is 0.0815. The lowest BCUT2D eigenvalue weighted by molar-refractivity contribution is -0.117. The van der Waals surface area contributed by atoms with E-state index in [1.807, 2.05) is 25.1 Å². The number of nitrogens with zero attached hydrogens (tertiary/aromatic N) is 2. The van der Waals surface area contributed by atoms with Gasteiger partial charge in [-0.05, 0) is 30.0 Å². The van der Waals surface area contributed by atoms with E-state index in [1.165, 1.54) is 5.56 Å². The van der Waals surface area contributed by atoms with Crippen LogP contribution in [0.15, 0.2) is 18.2 Å². The fourth-order valence-electron chi connectivity index (χ4n) is 1.67. The molecule has 0 aliphatic carbocycles. The Bertz CT molecular complexity index is 458. The van der Waals surface area contributed by atoms with E-state index in [9.17, 15) is 4.79 Å². The topological polar surface area (TPSA) is 44.1 Å². The average molecular weight is 230 g/mol. The highest BCUT2D eigenvalue weighted by atomic mass is 16.2. The molecule has 0 heterocycles. The van der Waals surface area contributed by atoms with Crippen molar-refractivity contribution in [2.75, 3.05) is 11.9 Å². The lowest BCUT2D eigenvalue weighted by Gasteiger charge is -2.20. The van der Waals surface area contributed by atoms with Crippen LogP contribution in [-0.2, 0) is 4.79 Å². The highest BCUT2D eigenvalue weighted by Gasteiger charge is 2.13. The summed E-state index contributed by atoms with van der Waals surface area (Å²) >= 11 is 0. The highest BCUT2D eigenvalue weighted by Crippen LogP contribution is 2.25. The minimum Gasteiger partial charge on any atom is -0.314 e. The Labute approximate surface area is 103 Å². The molecule has 0 unspecified atom stereocenters. The molecule has 1 aromatic carbocycles. The van der Waals surface area contributed by atoms with Gasteiger partial charge in [0.15, 0.2) is 0 Å². The molecular weight excluding hydrogens is 212 g/mol. The Morgan fingerprint density at radius 3 is 2.65 bits per heavy atom. The van der Waals surface area contributed by atoms with Gasteiger partial charge in [-0.1, -0.05) is 26.0 Å². The van der Waals surface area contributed by atoms with Gasteiger partial charge in [-0.3, -0.25) is 4.79 Å². The maximum atomic E-state index is 11.7. The van der Waals surface area contributed by atoms with Gasteiger partial charge in [-0.25, -0.2) is 0 Å². The molecule has 0 aromatic heterocycles. The summed E-state index contributed by atoms with van der Waals surface area (Å²) in [6, 6.07) is 8.00. The first-order valence-corrected chi connectivity index (χ1v) is 5.71. The number of carbonyl (C=O) groups is 1. The van der Waals surface area contributed by atoms with Crippen LogP contribution in [0.1, 0.15) is 37.3 Å². The molecule has 1 rings (SSSR count). The van der Waals surface area contributed by atoms with Crippen molar-refractivity contribution in [1.82, 2.24) is 0 Å². The van der Waals surface area contributed by atoms with Gasteiger partial charge in [0.05, 0.1) is 6.07 Å². The van der Waals surface area contributed by atoms with Gasteiger partial charge in [0, 0.05) is 12.7 Å². The standard InChI is InChI=1S/C14H18N2O/c1-10(2)12-6-5-11(3)13(9-12)16(4)14(17)7-8-15/h5-6,9-10H,7H2,1-4H3. The summed E-state index contributed by atoms with van der Waals surface area (Å²) < 4.78 is 0. The lowest BCUT2D eigenvalue weighted by Crippen LogP contribution is -2.26. The summed E-state index contributed by atoms with van der Waals surface area (Å²) in [5.74, 6) is 0.255. The molecule has 0 aliphatic rings. The molecule has 0 atom stereocenters. The van der Waals surface area contributed by atoms with Gasteiger partial charge in [-0.2, -0.15) is 5.26 Å². The van der Waals surface area contributed by atoms with Gasteiger partial charge in [0.2, 0.25) is 5.91 Å². The summed E-state index contributed by atoms with van der Waals surface area (Å²) in [7, 11) is 1.71. The smallest absolute Gasteiger partial charge is 0.240 e. The molecule has 0 saturated heterocycles. The summed E-state index contributed by atoms with van der Waals surface area (Å²) in [5.41, 5.74) is 3.13. The Balaban J connectivity index is 3.08. The second kappa shape index (κ2) is 5.49. The van der Waals surface area contributed by atoms with E-state index in [1.54, 1.807) is 11.9 Å². The third-order valence-corrected chi connectivity index (χ3v) is 2.87. The number of rotatable bonds is 3. The fraction of sp³-hybridized carbons (Fsp3) is 0.429. The van der Waals surface area contributed by atoms with Crippen molar-refractivity contribution in [1.29, 1.82) is 5.26 Å². The van der Waals surface area contributed by atoms with Crippen LogP contribution in [-0.4, -0.2) is 13.0 Å². The number of anilines is 1. The number of nitriles is 1. The molecule has 3 heteroatoms. The van der Waals surface area contributed by atoms with E-state index < -0.39 is 0 Å². The third kappa shape index (κ3) is 3.07. The molecular formula is C14H18N2O. The molecule has 0 fully saturated rings. The van der Waals surface area contributed by atoms with E-state index in [0.29, 0.717) is 5.92 Å². The number of carbonyl (C=O) groups excluding carboxylic acids is 1. The number of hydrogen-bond donors (Lipinski definition) is 0. The molecule has 0 bridgehead atoms. The maximum absolute atomic E-state index is 11.7. The Hall–Kier alpha value is -1.82. The predicted molar refractivity (Wildman–Crippen MR) is 68.9 cm³/mol. The number of benzene rings is 1. The first kappa shape index (κ1) is 13.2. The Morgan fingerprint density at radius 2 is 2.12 bits per heavy atom. The van der Waals surface area contributed by atoms with Crippen molar-refractivity contribution >= 4 is 11.6 Å². The van der Waals surface area contributed by atoms with Crippen LogP contribution in [0.3, 0.4) is 0 Å². The van der Waals surface area contributed by atoms with Crippen molar-refractivity contribution in [2.45, 2.75) is 33.1 Å². The summed E-state index contributed by atoms with van der Waals surface area (Å²) in [6.07, 6.45) is -0.0815. The first-order valence-electron chi connectivity index (χ1n) is 5.71. The predicted octanol–water partition coefficient (Wildman–Crippen LogP) is 2.99. The zero-order valence-electron chi connectivity index (χ0n) is 10.8. The molecule has 0 aliphatic heterocycles. The molecule has 17 heavy (non-hydrogen) atoms. The summed E-state index contributed by atoms with van der Waals surface area (Å²) in [6.45, 7) is 6.20. The molecule has 0 spiro atoms. The average Bonchev–Trinajstić information content (AvgIpc) is 2.28. The SMILES string of the molecule is Cc1ccc(C(C)C)cc1N(C)C(=O)CC#N. The highest BCUT2D eigenvalue weighted by molar-refractivity contribution is 5.94. The van der Waals surface area contributed by atoms with Gasteiger partial charge in [0.1, 0.15) is 6.42 Å². The summed E-state index contributed by atoms with van der Waals surface area (Å²) in [4.78, 5) is 13.2. The zero-order chi connectivity index (χ0) is 13.0. The van der Waals surface area contributed by atoms with Crippen LogP contribution < -0.4 is 4.90 Å². The Kier molecular flexibility index (Phi) is 4.28. The quantitative estimate of drug-likeness (QED) is 0.801. The molecule has 1 aromatic rings. The second-order valence-electron chi connectivity index (χ2n) is 4.49. The molecule has 90 valence electrons. The van der Waals surface area contributed by atoms with Crippen molar-refractivity contribution in [3.63, 3.8) is 0 Å². The Morgan fingerprint density at radius 1 is 1.47 bits per heavy atom. The molecule has 0 saturated carbocycles. The van der Waals surface area contributed by atoms with Crippen LogP contribution in [0.25, 0.3) is 0 Å². The van der Waals surface area contributed by atoms with Gasteiger partial charge in [0.25, 0.3) is 0 Å². The largest absolute Gasteiger partial charge is 0.314 e. The molecule has 3 nitrogen and oxygen atoms in total. The van der Waals surface area contributed by atoms with E-state index >= 15 is 0 Å². The van der Waals surface area contributed by atoms with Crippen molar-refractivity contribution in [3.8, 4) is 6.07 Å². The van der Waals surface area contributed by atoms with Crippen molar-refractivity contribution in [2.24, 2.45) is 0 Å². The molecule has 0 radical (unpaired) electrons. The van der Waals surface area contributed by atoms with Crippen LogP contribution in [0.2, 0.25) is 0 Å². The van der Waals surface area contributed by atoms with Crippen LogP contribution >= 0.6 is 0 Å². The van der Waals surface area contributed by atoms with Crippen LogP contribution in [0.5, 0.6) is 0 Å². The van der Waals surface area contributed by atoms with Crippen molar-refractivity contribution < 1.29 is 4.79 Å². The van der Waals surface area contributed by atoms with Crippen molar-refractivity contribution in [3.05, 3.63) is 29.3 Å². The lowest BCUT2D eigenvalue weighted by atomic mass is 10.00. The normalized spacial score (nSPS) is 10.1. The minimum atomic E-state index is -0.170. The van der Waals surface area contributed by atoms with Crippen LogP contribution in [0.4, 0.5) is 5.69 Å². The number of aryl methyl sites for hydroxylation is 1. The first-order chi connectivity index (χ1) is 7.97. The van der Waals surface area contributed by atoms with E-state index in [0.717, 1.165) is 11.3 Å². The second-order valence-corrected chi connectivity index (χ2v) is 4.49. The van der Waals surface area contributed by atoms with E-state index in [4.69, 9.17) is 5.26 Å². The monoisotopic (exact) mass is 230 g/mol. The van der Waals surface area contributed by atoms with Gasteiger partial charge < -0.3 is 4.90 Å². The van der Waals surface area contributed by atoms with E-state index in [-0.39, 0.29) is 12.3 Å². The van der Waals surface area contributed by atoms with Gasteiger partial charge in [-0.15, -0.1) is 0 Å². The number of amides is 1. The maximum Gasteiger partial charge on any atom is 0.240 e. The zero-order valence-corrected chi connectivity index (χ0v) is 10.8. The third-order valence-electron chi connectivity index (χ3n) is 2.87. The fourth-order valence-corrected chi connectivity index (χ4v) is 1.67.